The molecule has 2 saturated heterocycles. The number of amides is 1. The van der Waals surface area contributed by atoms with Crippen LogP contribution in [-0.4, -0.2) is 71.4 Å². The van der Waals surface area contributed by atoms with Gasteiger partial charge < -0.3 is 25.0 Å². The molecule has 9 heteroatoms. The summed E-state index contributed by atoms with van der Waals surface area (Å²) in [6, 6.07) is 8.38. The van der Waals surface area contributed by atoms with Crippen molar-refractivity contribution in [2.24, 2.45) is 0 Å². The number of aliphatic hydroxyl groups is 1. The fourth-order valence-electron chi connectivity index (χ4n) is 4.65. The van der Waals surface area contributed by atoms with Crippen LogP contribution in [0.15, 0.2) is 36.5 Å². The third-order valence-electron chi connectivity index (χ3n) is 6.72. The van der Waals surface area contributed by atoms with E-state index in [0.717, 1.165) is 24.5 Å². The SMILES string of the molecule is Cc1ccc(NC(C)c2cc(C(=O)N3CC[C@@H](O)C3)cc3ncc(N4CCOCC4)nc23)cc1F. The number of carbonyl (C=O) groups is 1. The molecule has 1 aromatic heterocycles. The Morgan fingerprint density at radius 3 is 2.74 bits per heavy atom. The van der Waals surface area contributed by atoms with Crippen molar-refractivity contribution in [3.05, 3.63) is 59.0 Å². The second-order valence-electron chi connectivity index (χ2n) is 9.28. The first-order chi connectivity index (χ1) is 16.9. The summed E-state index contributed by atoms with van der Waals surface area (Å²) in [6.45, 7) is 7.28. The average Bonchev–Trinajstić information content (AvgIpc) is 3.31. The molecule has 35 heavy (non-hydrogen) atoms. The number of likely N-dealkylation sites (tertiary alicyclic amines) is 1. The molecule has 0 radical (unpaired) electrons. The Morgan fingerprint density at radius 1 is 1.23 bits per heavy atom. The lowest BCUT2D eigenvalue weighted by molar-refractivity contribution is 0.0765. The van der Waals surface area contributed by atoms with Crippen molar-refractivity contribution in [2.45, 2.75) is 32.4 Å². The van der Waals surface area contributed by atoms with Gasteiger partial charge in [-0.05, 0) is 50.1 Å². The minimum Gasteiger partial charge on any atom is -0.391 e. The van der Waals surface area contributed by atoms with Gasteiger partial charge in [0.1, 0.15) is 11.6 Å². The van der Waals surface area contributed by atoms with Gasteiger partial charge in [-0.15, -0.1) is 0 Å². The molecule has 0 spiro atoms. The number of hydrogen-bond acceptors (Lipinski definition) is 7. The number of nitrogens with zero attached hydrogens (tertiary/aromatic N) is 4. The molecule has 2 aromatic carbocycles. The van der Waals surface area contributed by atoms with Crippen molar-refractivity contribution in [3.63, 3.8) is 0 Å². The number of ether oxygens (including phenoxy) is 1. The van der Waals surface area contributed by atoms with E-state index >= 15 is 0 Å². The first-order valence-electron chi connectivity index (χ1n) is 12.0. The van der Waals surface area contributed by atoms with Gasteiger partial charge in [0, 0.05) is 43.0 Å². The number of morpholine rings is 1. The number of anilines is 2. The molecule has 0 bridgehead atoms. The number of fused-ring (bicyclic) bond motifs is 1. The predicted octanol–water partition coefficient (Wildman–Crippen LogP) is 3.29. The van der Waals surface area contributed by atoms with Crippen molar-refractivity contribution < 1.29 is 19.0 Å². The Labute approximate surface area is 203 Å². The third kappa shape index (κ3) is 4.92. The first kappa shape index (κ1) is 23.4. The lowest BCUT2D eigenvalue weighted by Gasteiger charge is -2.28. The molecule has 184 valence electrons. The van der Waals surface area contributed by atoms with Crippen LogP contribution in [0.3, 0.4) is 0 Å². The fourth-order valence-corrected chi connectivity index (χ4v) is 4.65. The molecule has 0 aliphatic carbocycles. The molecule has 2 fully saturated rings. The van der Waals surface area contributed by atoms with Gasteiger partial charge in [-0.25, -0.2) is 9.37 Å². The van der Waals surface area contributed by atoms with Crippen molar-refractivity contribution in [2.75, 3.05) is 49.6 Å². The summed E-state index contributed by atoms with van der Waals surface area (Å²) in [4.78, 5) is 26.6. The number of nitrogens with one attached hydrogen (secondary N) is 1. The van der Waals surface area contributed by atoms with Crippen molar-refractivity contribution in [1.29, 1.82) is 0 Å². The summed E-state index contributed by atoms with van der Waals surface area (Å²) in [5, 5.41) is 13.3. The highest BCUT2D eigenvalue weighted by Gasteiger charge is 2.27. The Balaban J connectivity index is 1.54. The number of benzene rings is 2. The number of carbonyl (C=O) groups excluding carboxylic acids is 1. The summed E-state index contributed by atoms with van der Waals surface area (Å²) >= 11 is 0. The van der Waals surface area contributed by atoms with Crippen LogP contribution in [0.25, 0.3) is 11.0 Å². The number of aryl methyl sites for hydroxylation is 1. The molecular formula is C26H30FN5O3. The van der Waals surface area contributed by atoms with Crippen molar-refractivity contribution in [3.8, 4) is 0 Å². The summed E-state index contributed by atoms with van der Waals surface area (Å²) < 4.78 is 19.6. The van der Waals surface area contributed by atoms with Crippen LogP contribution in [0.1, 0.15) is 40.9 Å². The van der Waals surface area contributed by atoms with Gasteiger partial charge in [-0.3, -0.25) is 9.78 Å². The Hall–Kier alpha value is -3.30. The number of hydrogen-bond donors (Lipinski definition) is 2. The molecule has 2 atom stereocenters. The third-order valence-corrected chi connectivity index (χ3v) is 6.72. The highest BCUT2D eigenvalue weighted by molar-refractivity contribution is 5.98. The van der Waals surface area contributed by atoms with E-state index in [2.05, 4.69) is 15.2 Å². The molecule has 2 N–H and O–H groups in total. The van der Waals surface area contributed by atoms with Crippen molar-refractivity contribution >= 4 is 28.4 Å². The van der Waals surface area contributed by atoms with Gasteiger partial charge >= 0.3 is 0 Å². The molecule has 3 heterocycles. The standard InChI is InChI=1S/C26H30FN5O3/c1-16-3-4-19(13-22(16)27)29-17(2)21-11-18(26(34)32-6-5-20(33)15-32)12-23-25(21)30-24(14-28-23)31-7-9-35-10-8-31/h3-4,11-14,17,20,29,33H,5-10,15H2,1-2H3/t17?,20-/m1/s1. The molecule has 2 aliphatic rings. The van der Waals surface area contributed by atoms with E-state index in [-0.39, 0.29) is 17.8 Å². The van der Waals surface area contributed by atoms with Gasteiger partial charge in [0.2, 0.25) is 0 Å². The minimum absolute atomic E-state index is 0.141. The van der Waals surface area contributed by atoms with E-state index < -0.39 is 6.10 Å². The lowest BCUT2D eigenvalue weighted by Crippen LogP contribution is -2.36. The maximum Gasteiger partial charge on any atom is 0.254 e. The van der Waals surface area contributed by atoms with E-state index in [1.807, 2.05) is 19.1 Å². The largest absolute Gasteiger partial charge is 0.391 e. The fraction of sp³-hybridized carbons (Fsp3) is 0.423. The smallest absolute Gasteiger partial charge is 0.254 e. The van der Waals surface area contributed by atoms with Crippen LogP contribution >= 0.6 is 0 Å². The first-order valence-corrected chi connectivity index (χ1v) is 12.0. The Bertz CT molecular complexity index is 1250. The molecule has 8 nitrogen and oxygen atoms in total. The van der Waals surface area contributed by atoms with E-state index in [0.29, 0.717) is 60.6 Å². The van der Waals surface area contributed by atoms with Crippen LogP contribution < -0.4 is 10.2 Å². The zero-order valence-electron chi connectivity index (χ0n) is 20.0. The number of rotatable bonds is 5. The van der Waals surface area contributed by atoms with Crippen LogP contribution in [-0.2, 0) is 4.74 Å². The molecule has 1 unspecified atom stereocenters. The van der Waals surface area contributed by atoms with E-state index in [1.165, 1.54) is 6.07 Å². The second kappa shape index (κ2) is 9.75. The molecule has 3 aromatic rings. The van der Waals surface area contributed by atoms with Gasteiger partial charge in [-0.2, -0.15) is 0 Å². The maximum atomic E-state index is 14.2. The van der Waals surface area contributed by atoms with Crippen LogP contribution in [0, 0.1) is 12.7 Å². The monoisotopic (exact) mass is 479 g/mol. The summed E-state index contributed by atoms with van der Waals surface area (Å²) in [6.07, 6.45) is 1.82. The normalized spacial score (nSPS) is 19.3. The lowest BCUT2D eigenvalue weighted by atomic mass is 10.0. The van der Waals surface area contributed by atoms with Gasteiger partial charge in [0.15, 0.2) is 0 Å². The highest BCUT2D eigenvalue weighted by atomic mass is 19.1. The zero-order valence-corrected chi connectivity index (χ0v) is 20.0. The van der Waals surface area contributed by atoms with E-state index in [9.17, 15) is 14.3 Å². The van der Waals surface area contributed by atoms with Crippen LogP contribution in [0.5, 0.6) is 0 Å². The topological polar surface area (TPSA) is 90.8 Å². The Morgan fingerprint density at radius 2 is 2.03 bits per heavy atom. The average molecular weight is 480 g/mol. The molecule has 2 aliphatic heterocycles. The molecular weight excluding hydrogens is 449 g/mol. The maximum absolute atomic E-state index is 14.2. The second-order valence-corrected chi connectivity index (χ2v) is 9.28. The van der Waals surface area contributed by atoms with Gasteiger partial charge in [0.05, 0.1) is 42.6 Å². The zero-order chi connectivity index (χ0) is 24.5. The quantitative estimate of drug-likeness (QED) is 0.580. The van der Waals surface area contributed by atoms with Crippen molar-refractivity contribution in [1.82, 2.24) is 14.9 Å². The summed E-state index contributed by atoms with van der Waals surface area (Å²) in [7, 11) is 0. The minimum atomic E-state index is -0.494. The number of β-amino-alcohol motifs (C(OH)–C–C–N with tert-alkyl or cyclic N) is 1. The van der Waals surface area contributed by atoms with Crippen LogP contribution in [0.2, 0.25) is 0 Å². The number of halogens is 1. The Kier molecular flexibility index (Phi) is 6.53. The molecule has 1 amide bonds. The van der Waals surface area contributed by atoms with Crippen LogP contribution in [0.4, 0.5) is 15.9 Å². The highest BCUT2D eigenvalue weighted by Crippen LogP contribution is 2.30. The van der Waals surface area contributed by atoms with E-state index in [1.54, 1.807) is 30.2 Å². The van der Waals surface area contributed by atoms with Gasteiger partial charge in [-0.1, -0.05) is 6.07 Å². The molecule has 5 rings (SSSR count). The summed E-state index contributed by atoms with van der Waals surface area (Å²) in [5.41, 5.74) is 3.83. The van der Waals surface area contributed by atoms with Gasteiger partial charge in [0.25, 0.3) is 5.91 Å². The summed E-state index contributed by atoms with van der Waals surface area (Å²) in [5.74, 6) is 0.340. The number of aliphatic hydroxyl groups excluding tert-OH is 1. The molecule has 0 saturated carbocycles. The predicted molar refractivity (Wildman–Crippen MR) is 132 cm³/mol. The number of aromatic nitrogens is 2. The van der Waals surface area contributed by atoms with E-state index in [4.69, 9.17) is 9.72 Å².